The van der Waals surface area contributed by atoms with Crippen LogP contribution in [0.3, 0.4) is 0 Å². The predicted molar refractivity (Wildman–Crippen MR) is 155 cm³/mol. The Morgan fingerprint density at radius 1 is 0.811 bits per heavy atom. The number of halogens is 1. The Balaban J connectivity index is 1.41. The molecule has 5 aromatic rings. The molecule has 0 atom stereocenters. The monoisotopic (exact) mass is 542 g/mol. The molecule has 0 radical (unpaired) electrons. The maximum atomic E-state index is 11.0. The molecule has 3 nitrogen and oxygen atoms in total. The number of carboxylic acids is 1. The molecule has 0 aliphatic rings. The summed E-state index contributed by atoms with van der Waals surface area (Å²) in [6.07, 6.45) is 1.98. The van der Waals surface area contributed by atoms with Crippen molar-refractivity contribution in [1.29, 1.82) is 0 Å². The third kappa shape index (κ3) is 6.20. The van der Waals surface area contributed by atoms with Gasteiger partial charge in [-0.25, -0.2) is 0 Å². The molecule has 5 rings (SSSR count). The zero-order valence-corrected chi connectivity index (χ0v) is 22.2. The van der Waals surface area contributed by atoms with Gasteiger partial charge in [0.15, 0.2) is 0 Å². The van der Waals surface area contributed by atoms with E-state index in [1.54, 1.807) is 40.9 Å². The summed E-state index contributed by atoms with van der Waals surface area (Å²) in [5, 5.41) is 13.6. The van der Waals surface area contributed by atoms with Crippen molar-refractivity contribution in [2.75, 3.05) is 6.61 Å². The maximum absolute atomic E-state index is 11.0. The van der Waals surface area contributed by atoms with E-state index in [1.165, 1.54) is 20.9 Å². The fourth-order valence-electron chi connectivity index (χ4n) is 4.08. The number of carboxylic acid groups (broad SMARTS) is 1. The molecule has 1 N–H and O–H groups in total. The normalized spacial score (nSPS) is 10.7. The van der Waals surface area contributed by atoms with Crippen molar-refractivity contribution >= 4 is 45.8 Å². The Morgan fingerprint density at radius 3 is 1.84 bits per heavy atom. The minimum absolute atomic E-state index is 0.0764. The molecule has 0 fully saturated rings. The van der Waals surface area contributed by atoms with E-state index in [2.05, 4.69) is 89.6 Å². The van der Waals surface area contributed by atoms with Crippen LogP contribution in [-0.4, -0.2) is 17.7 Å². The summed E-state index contributed by atoms with van der Waals surface area (Å²) >= 11 is 9.81. The van der Waals surface area contributed by atoms with Gasteiger partial charge in [-0.2, -0.15) is 0 Å². The summed E-state index contributed by atoms with van der Waals surface area (Å²) < 4.78 is 5.98. The van der Waals surface area contributed by atoms with Crippen LogP contribution in [0.1, 0.15) is 16.7 Å². The number of carbonyl (C=O) groups is 1. The SMILES string of the molecule is O=C(O)Cc1ccc(OCC=C(c2ccc(-c3cccs3)cc2)c2ccc(-c3cccs3)cc2)c(Cl)c1. The Kier molecular flexibility index (Phi) is 7.85. The van der Waals surface area contributed by atoms with Crippen molar-refractivity contribution < 1.29 is 14.6 Å². The Bertz CT molecular complexity index is 1420. The summed E-state index contributed by atoms with van der Waals surface area (Å²) in [4.78, 5) is 13.5. The molecular weight excluding hydrogens is 520 g/mol. The molecule has 0 saturated carbocycles. The van der Waals surface area contributed by atoms with Crippen molar-refractivity contribution in [2.24, 2.45) is 0 Å². The summed E-state index contributed by atoms with van der Waals surface area (Å²) in [5.74, 6) is -0.375. The highest BCUT2D eigenvalue weighted by molar-refractivity contribution is 7.13. The molecule has 0 bridgehead atoms. The first-order valence-electron chi connectivity index (χ1n) is 11.7. The topological polar surface area (TPSA) is 46.5 Å². The number of hydrogen-bond donors (Lipinski definition) is 1. The minimum Gasteiger partial charge on any atom is -0.488 e. The molecule has 6 heteroatoms. The van der Waals surface area contributed by atoms with Crippen LogP contribution in [0.25, 0.3) is 26.5 Å². The van der Waals surface area contributed by atoms with E-state index in [9.17, 15) is 4.79 Å². The van der Waals surface area contributed by atoms with Gasteiger partial charge >= 0.3 is 5.97 Å². The van der Waals surface area contributed by atoms with Crippen molar-refractivity contribution in [3.05, 3.63) is 130 Å². The number of hydrogen-bond acceptors (Lipinski definition) is 4. The number of benzene rings is 3. The van der Waals surface area contributed by atoms with E-state index in [-0.39, 0.29) is 6.42 Å². The summed E-state index contributed by atoms with van der Waals surface area (Å²) in [7, 11) is 0. The standard InChI is InChI=1S/C31H23ClO3S2/c32-27-19-21(20-31(33)34)5-14-28(27)35-16-15-26(22-6-10-24(11-7-22)29-3-1-17-36-29)23-8-12-25(13-9-23)30-4-2-18-37-30/h1-15,17-19H,16,20H2,(H,33,34). The molecule has 0 aliphatic heterocycles. The van der Waals surface area contributed by atoms with Crippen LogP contribution in [0.5, 0.6) is 5.75 Å². The van der Waals surface area contributed by atoms with Crippen molar-refractivity contribution in [1.82, 2.24) is 0 Å². The number of rotatable bonds is 9. The first-order valence-corrected chi connectivity index (χ1v) is 13.8. The highest BCUT2D eigenvalue weighted by Crippen LogP contribution is 2.32. The second-order valence-corrected chi connectivity index (χ2v) is 10.7. The van der Waals surface area contributed by atoms with Crippen LogP contribution in [0.4, 0.5) is 0 Å². The largest absolute Gasteiger partial charge is 0.488 e. The van der Waals surface area contributed by atoms with E-state index in [0.29, 0.717) is 22.9 Å². The van der Waals surface area contributed by atoms with Crippen LogP contribution in [-0.2, 0) is 11.2 Å². The van der Waals surface area contributed by atoms with Crippen LogP contribution >= 0.6 is 34.3 Å². The lowest BCUT2D eigenvalue weighted by molar-refractivity contribution is -0.136. The molecule has 3 aromatic carbocycles. The van der Waals surface area contributed by atoms with Gasteiger partial charge in [0.2, 0.25) is 0 Å². The van der Waals surface area contributed by atoms with E-state index in [0.717, 1.165) is 16.7 Å². The quantitative estimate of drug-likeness (QED) is 0.202. The fourth-order valence-corrected chi connectivity index (χ4v) is 5.80. The second-order valence-electron chi connectivity index (χ2n) is 8.37. The minimum atomic E-state index is -0.896. The van der Waals surface area contributed by atoms with E-state index < -0.39 is 5.97 Å². The van der Waals surface area contributed by atoms with E-state index in [4.69, 9.17) is 21.4 Å². The van der Waals surface area contributed by atoms with Crippen molar-refractivity contribution in [3.63, 3.8) is 0 Å². The average molecular weight is 543 g/mol. The molecular formula is C31H23ClO3S2. The lowest BCUT2D eigenvalue weighted by Crippen LogP contribution is -2.01. The van der Waals surface area contributed by atoms with Gasteiger partial charge in [-0.1, -0.05) is 78.3 Å². The highest BCUT2D eigenvalue weighted by Gasteiger charge is 2.10. The van der Waals surface area contributed by atoms with Crippen LogP contribution in [0, 0.1) is 0 Å². The van der Waals surface area contributed by atoms with Crippen LogP contribution in [0.2, 0.25) is 5.02 Å². The number of aliphatic carboxylic acids is 1. The van der Waals surface area contributed by atoms with Crippen molar-refractivity contribution in [2.45, 2.75) is 6.42 Å². The van der Waals surface area contributed by atoms with E-state index in [1.807, 2.05) is 0 Å². The lowest BCUT2D eigenvalue weighted by atomic mass is 9.95. The first-order chi connectivity index (χ1) is 18.1. The molecule has 2 heterocycles. The molecule has 184 valence electrons. The van der Waals surface area contributed by atoms with Gasteiger partial charge in [0.1, 0.15) is 12.4 Å². The van der Waals surface area contributed by atoms with Gasteiger partial charge in [-0.3, -0.25) is 4.79 Å². The Hall–Kier alpha value is -3.64. The maximum Gasteiger partial charge on any atom is 0.307 e. The van der Waals surface area contributed by atoms with Crippen LogP contribution < -0.4 is 4.74 Å². The number of ether oxygens (including phenoxy) is 1. The highest BCUT2D eigenvalue weighted by atomic mass is 35.5. The Labute approximate surface area is 228 Å². The number of thiophene rings is 2. The average Bonchev–Trinajstić information content (AvgIpc) is 3.63. The van der Waals surface area contributed by atoms with Crippen LogP contribution in [0.15, 0.2) is 108 Å². The molecule has 0 amide bonds. The third-order valence-electron chi connectivity index (χ3n) is 5.88. The summed E-state index contributed by atoms with van der Waals surface area (Å²) in [5.41, 5.74) is 6.27. The Morgan fingerprint density at radius 2 is 1.38 bits per heavy atom. The van der Waals surface area contributed by atoms with Gasteiger partial charge in [0, 0.05) is 9.75 Å². The molecule has 0 spiro atoms. The van der Waals surface area contributed by atoms with Crippen molar-refractivity contribution in [3.8, 4) is 26.6 Å². The smallest absolute Gasteiger partial charge is 0.307 e. The zero-order chi connectivity index (χ0) is 25.6. The first kappa shape index (κ1) is 25.0. The van der Waals surface area contributed by atoms with Gasteiger partial charge < -0.3 is 9.84 Å². The predicted octanol–water partition coefficient (Wildman–Crippen LogP) is 8.93. The van der Waals surface area contributed by atoms with E-state index >= 15 is 0 Å². The second kappa shape index (κ2) is 11.6. The molecule has 37 heavy (non-hydrogen) atoms. The van der Waals surface area contributed by atoms with Gasteiger partial charge in [0.05, 0.1) is 11.4 Å². The fraction of sp³-hybridized carbons (Fsp3) is 0.0645. The third-order valence-corrected chi connectivity index (χ3v) is 8.01. The lowest BCUT2D eigenvalue weighted by Gasteiger charge is -2.12. The molecule has 2 aromatic heterocycles. The summed E-state index contributed by atoms with van der Waals surface area (Å²) in [6, 6.07) is 30.6. The van der Waals surface area contributed by atoms with Gasteiger partial charge in [-0.05, 0) is 74.5 Å². The van der Waals surface area contributed by atoms with Gasteiger partial charge in [-0.15, -0.1) is 22.7 Å². The summed E-state index contributed by atoms with van der Waals surface area (Å²) in [6.45, 7) is 0.312. The molecule has 0 saturated heterocycles. The molecule has 0 aliphatic carbocycles. The van der Waals surface area contributed by atoms with Gasteiger partial charge in [0.25, 0.3) is 0 Å². The zero-order valence-electron chi connectivity index (χ0n) is 19.8. The molecule has 0 unspecified atom stereocenters.